The molecule has 2 N–H and O–H groups in total. The van der Waals surface area contributed by atoms with E-state index in [1.165, 1.54) is 6.07 Å². The molecule has 0 radical (unpaired) electrons. The average molecular weight is 502 g/mol. The Morgan fingerprint density at radius 3 is 2.82 bits per heavy atom. The van der Waals surface area contributed by atoms with Gasteiger partial charge in [0.2, 0.25) is 0 Å². The number of nitrogens with one attached hydrogen (secondary N) is 2. The first-order valence-electron chi connectivity index (χ1n) is 9.50. The molecule has 1 aliphatic heterocycles. The Balaban J connectivity index is 0.00000280. The van der Waals surface area contributed by atoms with Crippen LogP contribution >= 0.6 is 24.0 Å². The largest absolute Gasteiger partial charge is 0.466 e. The molecule has 1 fully saturated rings. The summed E-state index contributed by atoms with van der Waals surface area (Å²) in [5.74, 6) is 0.506. The van der Waals surface area contributed by atoms with Crippen molar-refractivity contribution in [3.63, 3.8) is 0 Å². The van der Waals surface area contributed by atoms with Crippen LogP contribution in [0, 0.1) is 11.7 Å². The van der Waals surface area contributed by atoms with E-state index in [9.17, 15) is 9.18 Å². The fourth-order valence-electron chi connectivity index (χ4n) is 3.59. The minimum Gasteiger partial charge on any atom is -0.466 e. The van der Waals surface area contributed by atoms with Crippen molar-refractivity contribution in [3.05, 3.63) is 35.8 Å². The van der Waals surface area contributed by atoms with Gasteiger partial charge in [-0.15, -0.1) is 24.0 Å². The molecule has 1 aliphatic rings. The van der Waals surface area contributed by atoms with Crippen LogP contribution in [0.5, 0.6) is 0 Å². The molecule has 2 heterocycles. The Hall–Kier alpha value is -1.84. The predicted octanol–water partition coefficient (Wildman–Crippen LogP) is 3.32. The topological polar surface area (TPSA) is 69.7 Å². The third kappa shape index (κ3) is 5.36. The Morgan fingerprint density at radius 1 is 1.39 bits per heavy atom. The van der Waals surface area contributed by atoms with Gasteiger partial charge in [-0.2, -0.15) is 0 Å². The molecule has 2 aromatic rings. The quantitative estimate of drug-likeness (QED) is 0.285. The highest BCUT2D eigenvalue weighted by Gasteiger charge is 2.27. The van der Waals surface area contributed by atoms with Crippen molar-refractivity contribution in [3.8, 4) is 0 Å². The lowest BCUT2D eigenvalue weighted by atomic mass is 9.97. The number of esters is 1. The van der Waals surface area contributed by atoms with Gasteiger partial charge in [0.25, 0.3) is 0 Å². The first-order valence-corrected chi connectivity index (χ1v) is 9.50. The number of ether oxygens (including phenoxy) is 1. The number of nitrogens with zero attached hydrogens (tertiary/aromatic N) is 2. The van der Waals surface area contributed by atoms with Crippen LogP contribution in [-0.2, 0) is 16.0 Å². The maximum Gasteiger partial charge on any atom is 0.309 e. The number of aromatic nitrogens is 1. The van der Waals surface area contributed by atoms with Gasteiger partial charge in [0.05, 0.1) is 12.5 Å². The number of carbonyl (C=O) groups excluding carboxylic acids is 1. The van der Waals surface area contributed by atoms with Crippen molar-refractivity contribution in [2.75, 3.05) is 33.3 Å². The molecule has 28 heavy (non-hydrogen) atoms. The normalized spacial score (nSPS) is 15.4. The van der Waals surface area contributed by atoms with Gasteiger partial charge in [0.15, 0.2) is 5.96 Å². The summed E-state index contributed by atoms with van der Waals surface area (Å²) in [6.45, 7) is 4.53. The molecule has 3 rings (SSSR count). The molecule has 0 saturated carbocycles. The van der Waals surface area contributed by atoms with Crippen LogP contribution in [-0.4, -0.2) is 55.1 Å². The lowest BCUT2D eigenvalue weighted by molar-refractivity contribution is -0.149. The molecule has 0 bridgehead atoms. The molecule has 1 aromatic heterocycles. The number of hydrogen-bond acceptors (Lipinski definition) is 3. The van der Waals surface area contributed by atoms with E-state index in [-0.39, 0.29) is 41.7 Å². The molecule has 0 aliphatic carbocycles. The van der Waals surface area contributed by atoms with Crippen molar-refractivity contribution >= 4 is 46.8 Å². The number of aliphatic imine (C=N–C) groups is 1. The highest BCUT2D eigenvalue weighted by atomic mass is 127. The Bertz CT molecular complexity index is 816. The second-order valence-electron chi connectivity index (χ2n) is 6.74. The molecule has 1 saturated heterocycles. The summed E-state index contributed by atoms with van der Waals surface area (Å²) in [6, 6.07) is 4.78. The fourth-order valence-corrected chi connectivity index (χ4v) is 3.59. The molecule has 1 aromatic carbocycles. The van der Waals surface area contributed by atoms with E-state index in [4.69, 9.17) is 4.74 Å². The standard InChI is InChI=1S/C20H27FN4O2.HI/c1-3-27-19(26)14-7-10-25(11-8-14)20(22-2)23-9-6-15-13-24-18-5-4-16(21)12-17(15)18;/h4-5,12-14,24H,3,6-11H2,1-2H3,(H,22,23);1H. The number of fused-ring (bicyclic) bond motifs is 1. The van der Waals surface area contributed by atoms with Crippen LogP contribution in [0.4, 0.5) is 4.39 Å². The number of piperidine rings is 1. The maximum atomic E-state index is 13.5. The van der Waals surface area contributed by atoms with Crippen molar-refractivity contribution in [1.82, 2.24) is 15.2 Å². The van der Waals surface area contributed by atoms with E-state index in [1.54, 1.807) is 19.2 Å². The Morgan fingerprint density at radius 2 is 2.14 bits per heavy atom. The molecular formula is C20H28FIN4O2. The second-order valence-corrected chi connectivity index (χ2v) is 6.74. The van der Waals surface area contributed by atoms with Crippen LogP contribution in [0.3, 0.4) is 0 Å². The lowest BCUT2D eigenvalue weighted by Gasteiger charge is -2.33. The van der Waals surface area contributed by atoms with Crippen molar-refractivity contribution < 1.29 is 13.9 Å². The van der Waals surface area contributed by atoms with Crippen molar-refractivity contribution in [2.45, 2.75) is 26.2 Å². The summed E-state index contributed by atoms with van der Waals surface area (Å²) in [4.78, 5) is 21.6. The fraction of sp³-hybridized carbons (Fsp3) is 0.500. The average Bonchev–Trinajstić information content (AvgIpc) is 3.08. The van der Waals surface area contributed by atoms with Gasteiger partial charge >= 0.3 is 5.97 Å². The lowest BCUT2D eigenvalue weighted by Crippen LogP contribution is -2.47. The second kappa shape index (κ2) is 10.6. The number of rotatable bonds is 5. The molecule has 0 spiro atoms. The Labute approximate surface area is 181 Å². The molecular weight excluding hydrogens is 474 g/mol. The first-order chi connectivity index (χ1) is 13.1. The number of aromatic amines is 1. The molecule has 0 amide bonds. The van der Waals surface area contributed by atoms with E-state index in [0.717, 1.165) is 54.8 Å². The molecule has 8 heteroatoms. The monoisotopic (exact) mass is 502 g/mol. The van der Waals surface area contributed by atoms with Gasteiger partial charge in [-0.3, -0.25) is 9.79 Å². The summed E-state index contributed by atoms with van der Waals surface area (Å²) in [6.07, 6.45) is 4.25. The van der Waals surface area contributed by atoms with Gasteiger partial charge in [0, 0.05) is 43.8 Å². The zero-order chi connectivity index (χ0) is 19.2. The molecule has 0 atom stereocenters. The number of hydrogen-bond donors (Lipinski definition) is 2. The number of carbonyl (C=O) groups is 1. The van der Waals surface area contributed by atoms with E-state index in [2.05, 4.69) is 20.2 Å². The van der Waals surface area contributed by atoms with Crippen LogP contribution in [0.15, 0.2) is 29.4 Å². The summed E-state index contributed by atoms with van der Waals surface area (Å²) in [5.41, 5.74) is 2.02. The highest BCUT2D eigenvalue weighted by molar-refractivity contribution is 14.0. The summed E-state index contributed by atoms with van der Waals surface area (Å²) >= 11 is 0. The van der Waals surface area contributed by atoms with Crippen molar-refractivity contribution in [1.29, 1.82) is 0 Å². The van der Waals surface area contributed by atoms with E-state index in [0.29, 0.717) is 13.2 Å². The zero-order valence-corrected chi connectivity index (χ0v) is 18.7. The number of H-pyrrole nitrogens is 1. The van der Waals surface area contributed by atoms with E-state index < -0.39 is 0 Å². The number of likely N-dealkylation sites (tertiary alicyclic amines) is 1. The van der Waals surface area contributed by atoms with E-state index in [1.807, 2.05) is 13.1 Å². The first kappa shape index (κ1) is 22.4. The van der Waals surface area contributed by atoms with Crippen LogP contribution in [0.25, 0.3) is 10.9 Å². The van der Waals surface area contributed by atoms with Gasteiger partial charge in [0.1, 0.15) is 5.82 Å². The molecule has 154 valence electrons. The smallest absolute Gasteiger partial charge is 0.309 e. The van der Waals surface area contributed by atoms with Crippen molar-refractivity contribution in [2.24, 2.45) is 10.9 Å². The van der Waals surface area contributed by atoms with Gasteiger partial charge in [-0.05, 0) is 49.9 Å². The Kier molecular flexibility index (Phi) is 8.53. The number of benzene rings is 1. The third-order valence-corrected chi connectivity index (χ3v) is 5.03. The van der Waals surface area contributed by atoms with Gasteiger partial charge in [-0.25, -0.2) is 4.39 Å². The minimum atomic E-state index is -0.225. The predicted molar refractivity (Wildman–Crippen MR) is 120 cm³/mol. The van der Waals surface area contributed by atoms with Crippen LogP contribution < -0.4 is 5.32 Å². The summed E-state index contributed by atoms with van der Waals surface area (Å²) in [5, 5.41) is 4.30. The molecule has 6 nitrogen and oxygen atoms in total. The molecule has 0 unspecified atom stereocenters. The zero-order valence-electron chi connectivity index (χ0n) is 16.3. The number of halogens is 2. The van der Waals surface area contributed by atoms with E-state index >= 15 is 0 Å². The summed E-state index contributed by atoms with van der Waals surface area (Å²) < 4.78 is 18.6. The number of guanidine groups is 1. The highest BCUT2D eigenvalue weighted by Crippen LogP contribution is 2.20. The minimum absolute atomic E-state index is 0. The SMILES string of the molecule is CCOC(=O)C1CCN(C(=NC)NCCc2c[nH]c3ccc(F)cc23)CC1.I. The van der Waals surface area contributed by atoms with Gasteiger partial charge < -0.3 is 19.9 Å². The maximum absolute atomic E-state index is 13.5. The van der Waals surface area contributed by atoms with Crippen LogP contribution in [0.1, 0.15) is 25.3 Å². The van der Waals surface area contributed by atoms with Crippen LogP contribution in [0.2, 0.25) is 0 Å². The summed E-state index contributed by atoms with van der Waals surface area (Å²) in [7, 11) is 1.76. The van der Waals surface area contributed by atoms with Gasteiger partial charge in [-0.1, -0.05) is 0 Å². The third-order valence-electron chi connectivity index (χ3n) is 5.03.